The molecule has 2 aliphatic carbocycles. The number of carbonyl (C=O) groups excluding carboxylic acids is 1. The highest BCUT2D eigenvalue weighted by atomic mass is 32.2. The van der Waals surface area contributed by atoms with E-state index in [4.69, 9.17) is 5.11 Å². The van der Waals surface area contributed by atoms with Gasteiger partial charge in [0.2, 0.25) is 5.91 Å². The van der Waals surface area contributed by atoms with Gasteiger partial charge in [-0.3, -0.25) is 9.59 Å². The molecule has 9 heteroatoms. The number of hydrogen-bond donors (Lipinski definition) is 1. The number of carboxylic acid groups (broad SMARTS) is 1. The van der Waals surface area contributed by atoms with Crippen molar-refractivity contribution >= 4 is 38.6 Å². The number of fused-ring (bicyclic) bond motifs is 3. The van der Waals surface area contributed by atoms with Gasteiger partial charge in [0.1, 0.15) is 0 Å². The lowest BCUT2D eigenvalue weighted by molar-refractivity contribution is -0.138. The molecule has 138 valence electrons. The number of thioether (sulfide) groups is 1. The Kier molecular flexibility index (Phi) is 4.34. The Balaban J connectivity index is 1.57. The van der Waals surface area contributed by atoms with Gasteiger partial charge in [0.25, 0.3) is 0 Å². The SMILES string of the molecule is O=C(O)CCC(=O)N=C1S[C@@H]2CS(=O)(=O)C[C@@H]2N1[C@H]1C[C@H]2CC[C@H]1C2. The standard InChI is InChI=1S/C16H22N2O5S2/c19-14(3-4-15(20)21)17-16-18(11-6-9-1-2-10(11)5-9)12-7-25(22,23)8-13(12)24-16/h9-13H,1-8H2,(H,20,21)/t9-,10-,11-,12-,13+/m0/s1. The van der Waals surface area contributed by atoms with E-state index < -0.39 is 21.7 Å². The molecule has 4 rings (SSSR count). The van der Waals surface area contributed by atoms with Crippen molar-refractivity contribution in [2.75, 3.05) is 11.5 Å². The van der Waals surface area contributed by atoms with Gasteiger partial charge < -0.3 is 10.0 Å². The summed E-state index contributed by atoms with van der Waals surface area (Å²) >= 11 is 1.40. The van der Waals surface area contributed by atoms with Crippen LogP contribution in [0.1, 0.15) is 38.5 Å². The fourth-order valence-electron chi connectivity index (χ4n) is 4.91. The lowest BCUT2D eigenvalue weighted by Crippen LogP contribution is -2.47. The number of carbonyl (C=O) groups is 2. The Morgan fingerprint density at radius 3 is 2.60 bits per heavy atom. The van der Waals surface area contributed by atoms with E-state index >= 15 is 0 Å². The van der Waals surface area contributed by atoms with Gasteiger partial charge in [-0.05, 0) is 31.1 Å². The van der Waals surface area contributed by atoms with E-state index in [0.717, 1.165) is 6.42 Å². The van der Waals surface area contributed by atoms with Gasteiger partial charge in [-0.15, -0.1) is 0 Å². The smallest absolute Gasteiger partial charge is 0.303 e. The quantitative estimate of drug-likeness (QED) is 0.772. The third-order valence-corrected chi connectivity index (χ3v) is 9.16. The fraction of sp³-hybridized carbons (Fsp3) is 0.812. The van der Waals surface area contributed by atoms with Crippen LogP contribution in [0.3, 0.4) is 0 Å². The molecule has 4 aliphatic rings. The van der Waals surface area contributed by atoms with Gasteiger partial charge in [0.05, 0.1) is 24.0 Å². The van der Waals surface area contributed by atoms with E-state index in [1.54, 1.807) is 0 Å². The van der Waals surface area contributed by atoms with Gasteiger partial charge in [0, 0.05) is 17.7 Å². The zero-order chi connectivity index (χ0) is 17.8. The average Bonchev–Trinajstić information content (AvgIpc) is 3.24. The van der Waals surface area contributed by atoms with E-state index in [-0.39, 0.29) is 41.7 Å². The highest BCUT2D eigenvalue weighted by molar-refractivity contribution is 8.15. The van der Waals surface area contributed by atoms with Gasteiger partial charge in [-0.1, -0.05) is 18.2 Å². The molecule has 2 heterocycles. The molecule has 0 aromatic rings. The van der Waals surface area contributed by atoms with Crippen molar-refractivity contribution in [2.24, 2.45) is 16.8 Å². The summed E-state index contributed by atoms with van der Waals surface area (Å²) in [4.78, 5) is 29.0. The zero-order valence-electron chi connectivity index (χ0n) is 13.8. The second kappa shape index (κ2) is 6.26. The first-order valence-electron chi connectivity index (χ1n) is 8.81. The third kappa shape index (κ3) is 3.32. The third-order valence-electron chi connectivity index (χ3n) is 5.94. The number of nitrogens with zero attached hydrogens (tertiary/aromatic N) is 2. The number of sulfone groups is 1. The van der Waals surface area contributed by atoms with Crippen molar-refractivity contribution in [3.8, 4) is 0 Å². The maximum Gasteiger partial charge on any atom is 0.303 e. The number of rotatable bonds is 4. The van der Waals surface area contributed by atoms with Crippen LogP contribution in [0.15, 0.2) is 4.99 Å². The molecule has 2 bridgehead atoms. The summed E-state index contributed by atoms with van der Waals surface area (Å²) < 4.78 is 24.1. The molecule has 2 saturated carbocycles. The molecule has 2 aliphatic heterocycles. The Labute approximate surface area is 151 Å². The molecular weight excluding hydrogens is 364 g/mol. The topological polar surface area (TPSA) is 104 Å². The summed E-state index contributed by atoms with van der Waals surface area (Å²) in [7, 11) is -3.03. The van der Waals surface area contributed by atoms with Crippen molar-refractivity contribution in [1.29, 1.82) is 0 Å². The molecule has 0 aromatic carbocycles. The van der Waals surface area contributed by atoms with Crippen LogP contribution in [-0.2, 0) is 19.4 Å². The lowest BCUT2D eigenvalue weighted by atomic mass is 9.93. The maximum atomic E-state index is 12.1. The molecule has 0 unspecified atom stereocenters. The van der Waals surface area contributed by atoms with Crippen LogP contribution in [0.4, 0.5) is 0 Å². The summed E-state index contributed by atoms with van der Waals surface area (Å²) in [5, 5.41) is 9.29. The number of aliphatic carboxylic acids is 1. The predicted molar refractivity (Wildman–Crippen MR) is 94.2 cm³/mol. The zero-order valence-corrected chi connectivity index (χ0v) is 15.5. The molecule has 5 atom stereocenters. The van der Waals surface area contributed by atoms with Crippen LogP contribution in [0.25, 0.3) is 0 Å². The largest absolute Gasteiger partial charge is 0.481 e. The first-order valence-corrected chi connectivity index (χ1v) is 11.5. The number of amidine groups is 1. The van der Waals surface area contributed by atoms with Crippen LogP contribution in [-0.4, -0.2) is 64.3 Å². The molecule has 4 fully saturated rings. The number of amides is 1. The minimum absolute atomic E-state index is 0.0600. The highest BCUT2D eigenvalue weighted by Crippen LogP contribution is 2.51. The summed E-state index contributed by atoms with van der Waals surface area (Å²) in [6.45, 7) is 0. The summed E-state index contributed by atoms with van der Waals surface area (Å²) in [5.74, 6) is 0.109. The maximum absolute atomic E-state index is 12.1. The van der Waals surface area contributed by atoms with Crippen molar-refractivity contribution in [3.05, 3.63) is 0 Å². The van der Waals surface area contributed by atoms with E-state index in [9.17, 15) is 18.0 Å². The van der Waals surface area contributed by atoms with Crippen LogP contribution < -0.4 is 0 Å². The van der Waals surface area contributed by atoms with Crippen molar-refractivity contribution < 1.29 is 23.1 Å². The second-order valence-corrected chi connectivity index (χ2v) is 11.0. The van der Waals surface area contributed by atoms with Crippen molar-refractivity contribution in [3.63, 3.8) is 0 Å². The average molecular weight is 386 g/mol. The van der Waals surface area contributed by atoms with E-state index in [2.05, 4.69) is 9.89 Å². The predicted octanol–water partition coefficient (Wildman–Crippen LogP) is 1.14. The second-order valence-electron chi connectivity index (χ2n) is 7.63. The number of aliphatic imine (C=N–C) groups is 1. The Hall–Kier alpha value is -1.09. The van der Waals surface area contributed by atoms with E-state index in [1.165, 1.54) is 31.0 Å². The minimum Gasteiger partial charge on any atom is -0.481 e. The molecule has 2 saturated heterocycles. The summed E-state index contributed by atoms with van der Waals surface area (Å²) in [6.07, 6.45) is 4.32. The molecule has 0 radical (unpaired) electrons. The van der Waals surface area contributed by atoms with Crippen LogP contribution in [0, 0.1) is 11.8 Å². The van der Waals surface area contributed by atoms with Crippen LogP contribution >= 0.6 is 11.8 Å². The molecule has 0 spiro atoms. The monoisotopic (exact) mass is 386 g/mol. The van der Waals surface area contributed by atoms with Crippen molar-refractivity contribution in [2.45, 2.75) is 55.9 Å². The number of hydrogen-bond acceptors (Lipinski definition) is 5. The highest BCUT2D eigenvalue weighted by Gasteiger charge is 2.54. The van der Waals surface area contributed by atoms with Gasteiger partial charge in [-0.2, -0.15) is 4.99 Å². The fourth-order valence-corrected chi connectivity index (χ4v) is 8.90. The molecular formula is C16H22N2O5S2. The molecule has 1 N–H and O–H groups in total. The first kappa shape index (κ1) is 17.3. The van der Waals surface area contributed by atoms with E-state index in [1.807, 2.05) is 0 Å². The van der Waals surface area contributed by atoms with Crippen LogP contribution in [0.5, 0.6) is 0 Å². The summed E-state index contributed by atoms with van der Waals surface area (Å²) in [6, 6.07) is 0.186. The van der Waals surface area contributed by atoms with Gasteiger partial charge in [0.15, 0.2) is 15.0 Å². The summed E-state index contributed by atoms with van der Waals surface area (Å²) in [5.41, 5.74) is 0. The Morgan fingerprint density at radius 1 is 1.16 bits per heavy atom. The van der Waals surface area contributed by atoms with Gasteiger partial charge >= 0.3 is 5.97 Å². The van der Waals surface area contributed by atoms with Gasteiger partial charge in [-0.25, -0.2) is 8.42 Å². The normalized spacial score (nSPS) is 39.9. The lowest BCUT2D eigenvalue weighted by Gasteiger charge is -2.36. The molecule has 1 amide bonds. The molecule has 25 heavy (non-hydrogen) atoms. The molecule has 7 nitrogen and oxygen atoms in total. The van der Waals surface area contributed by atoms with Crippen molar-refractivity contribution in [1.82, 2.24) is 4.90 Å². The molecule has 0 aromatic heterocycles. The Morgan fingerprint density at radius 2 is 1.96 bits per heavy atom. The first-order chi connectivity index (χ1) is 11.8. The number of carboxylic acids is 1. The van der Waals surface area contributed by atoms with E-state index in [0.29, 0.717) is 17.0 Å². The van der Waals surface area contributed by atoms with Crippen LogP contribution in [0.2, 0.25) is 0 Å². The Bertz CT molecular complexity index is 735. The minimum atomic E-state index is -3.03.